The quantitative estimate of drug-likeness (QED) is 0.207. The van der Waals surface area contributed by atoms with Gasteiger partial charge in [-0.05, 0) is 24.3 Å². The zero-order valence-electron chi connectivity index (χ0n) is 17.4. The van der Waals surface area contributed by atoms with E-state index in [1.807, 2.05) is 24.3 Å². The predicted octanol–water partition coefficient (Wildman–Crippen LogP) is 5.38. The molecule has 0 heterocycles. The summed E-state index contributed by atoms with van der Waals surface area (Å²) in [7, 11) is 1.37. The molecule has 3 aromatic rings. The molecule has 3 rings (SSSR count). The van der Waals surface area contributed by atoms with E-state index in [0.717, 1.165) is 11.6 Å². The molecule has 0 aliphatic carbocycles. The maximum absolute atomic E-state index is 12.7. The Kier molecular flexibility index (Phi) is 7.63. The van der Waals surface area contributed by atoms with Crippen LogP contribution in [0.1, 0.15) is 11.1 Å². The van der Waals surface area contributed by atoms with Crippen molar-refractivity contribution in [1.82, 2.24) is 0 Å². The highest BCUT2D eigenvalue weighted by atomic mass is 35.5. The van der Waals surface area contributed by atoms with E-state index in [1.54, 1.807) is 30.3 Å². The van der Waals surface area contributed by atoms with Crippen LogP contribution in [0.3, 0.4) is 0 Å². The number of para-hydroxylation sites is 1. The Morgan fingerprint density at radius 2 is 1.88 bits per heavy atom. The van der Waals surface area contributed by atoms with Crippen molar-refractivity contribution in [2.75, 3.05) is 12.4 Å². The third kappa shape index (κ3) is 5.87. The first-order valence-electron chi connectivity index (χ1n) is 9.63. The predicted molar refractivity (Wildman–Crippen MR) is 124 cm³/mol. The van der Waals surface area contributed by atoms with Gasteiger partial charge in [-0.1, -0.05) is 48.0 Å². The second-order valence-electron chi connectivity index (χ2n) is 6.68. The van der Waals surface area contributed by atoms with Crippen LogP contribution in [0.2, 0.25) is 5.02 Å². The number of hydrogen-bond acceptors (Lipinski definition) is 6. The van der Waals surface area contributed by atoms with Crippen molar-refractivity contribution in [3.05, 3.63) is 98.6 Å². The summed E-state index contributed by atoms with van der Waals surface area (Å²) < 4.78 is 11.0. The largest absolute Gasteiger partial charge is 0.495 e. The molecule has 0 bridgehead atoms. The van der Waals surface area contributed by atoms with Crippen LogP contribution in [-0.4, -0.2) is 17.9 Å². The fraction of sp³-hybridized carbons (Fsp3) is 0.0833. The molecule has 0 radical (unpaired) electrons. The molecule has 1 amide bonds. The lowest BCUT2D eigenvalue weighted by Gasteiger charge is -2.11. The zero-order valence-corrected chi connectivity index (χ0v) is 18.2. The van der Waals surface area contributed by atoms with Crippen molar-refractivity contribution in [3.8, 4) is 17.6 Å². The average Bonchev–Trinajstić information content (AvgIpc) is 2.82. The summed E-state index contributed by atoms with van der Waals surface area (Å²) in [5, 5.41) is 23.7. The molecule has 0 unspecified atom stereocenters. The number of nitrogens with zero attached hydrogens (tertiary/aromatic N) is 2. The highest BCUT2D eigenvalue weighted by Gasteiger charge is 2.17. The van der Waals surface area contributed by atoms with Gasteiger partial charge < -0.3 is 14.8 Å². The minimum atomic E-state index is -0.753. The molecule has 0 aromatic heterocycles. The molecule has 0 aliphatic heterocycles. The van der Waals surface area contributed by atoms with Crippen LogP contribution in [0.5, 0.6) is 11.5 Å². The second kappa shape index (κ2) is 10.8. The number of nitro benzene ring substituents is 1. The average molecular weight is 464 g/mol. The van der Waals surface area contributed by atoms with Gasteiger partial charge in [0.2, 0.25) is 0 Å². The van der Waals surface area contributed by atoms with Gasteiger partial charge >= 0.3 is 0 Å². The number of carbonyl (C=O) groups is 1. The van der Waals surface area contributed by atoms with Gasteiger partial charge in [0, 0.05) is 28.3 Å². The lowest BCUT2D eigenvalue weighted by Crippen LogP contribution is -2.14. The molecule has 0 fully saturated rings. The van der Waals surface area contributed by atoms with Crippen molar-refractivity contribution in [3.63, 3.8) is 0 Å². The number of ether oxygens (including phenoxy) is 2. The lowest BCUT2D eigenvalue weighted by atomic mass is 10.1. The maximum atomic E-state index is 12.7. The Labute approximate surface area is 194 Å². The molecule has 33 heavy (non-hydrogen) atoms. The summed E-state index contributed by atoms with van der Waals surface area (Å²) in [5.41, 5.74) is 0.904. The van der Waals surface area contributed by atoms with Crippen LogP contribution >= 0.6 is 11.6 Å². The molecule has 0 aliphatic rings. The van der Waals surface area contributed by atoms with E-state index in [9.17, 15) is 20.2 Å². The van der Waals surface area contributed by atoms with Crippen molar-refractivity contribution >= 4 is 35.0 Å². The summed E-state index contributed by atoms with van der Waals surface area (Å²) in [6, 6.07) is 19.8. The number of nitro groups is 1. The Bertz CT molecular complexity index is 1270. The van der Waals surface area contributed by atoms with Crippen LogP contribution in [0.15, 0.2) is 72.3 Å². The second-order valence-corrected chi connectivity index (χ2v) is 7.09. The van der Waals surface area contributed by atoms with Crippen LogP contribution in [0, 0.1) is 21.4 Å². The van der Waals surface area contributed by atoms with Gasteiger partial charge in [-0.2, -0.15) is 5.26 Å². The summed E-state index contributed by atoms with van der Waals surface area (Å²) in [6.07, 6.45) is 1.38. The van der Waals surface area contributed by atoms with Crippen molar-refractivity contribution in [2.45, 2.75) is 6.61 Å². The Morgan fingerprint density at radius 3 is 2.58 bits per heavy atom. The zero-order chi connectivity index (χ0) is 23.8. The first-order valence-corrected chi connectivity index (χ1v) is 10.0. The molecule has 3 aromatic carbocycles. The van der Waals surface area contributed by atoms with E-state index in [2.05, 4.69) is 5.32 Å². The van der Waals surface area contributed by atoms with E-state index in [1.165, 1.54) is 25.3 Å². The van der Waals surface area contributed by atoms with Gasteiger partial charge in [-0.25, -0.2) is 0 Å². The minimum Gasteiger partial charge on any atom is -0.495 e. The monoisotopic (exact) mass is 463 g/mol. The van der Waals surface area contributed by atoms with E-state index in [0.29, 0.717) is 16.3 Å². The van der Waals surface area contributed by atoms with Crippen LogP contribution < -0.4 is 14.8 Å². The molecule has 1 N–H and O–H groups in total. The first-order chi connectivity index (χ1) is 15.9. The Morgan fingerprint density at radius 1 is 1.15 bits per heavy atom. The lowest BCUT2D eigenvalue weighted by molar-refractivity contribution is -0.384. The molecule has 8 nitrogen and oxygen atoms in total. The summed E-state index contributed by atoms with van der Waals surface area (Å²) >= 11 is 6.17. The number of carbonyl (C=O) groups excluding carboxylic acids is 1. The number of methoxy groups -OCH3 is 1. The van der Waals surface area contributed by atoms with E-state index in [4.69, 9.17) is 21.1 Å². The van der Waals surface area contributed by atoms with Gasteiger partial charge in [-0.3, -0.25) is 14.9 Å². The molecular formula is C24H18ClN3O5. The third-order valence-corrected chi connectivity index (χ3v) is 4.94. The number of nitrogens with one attached hydrogen (secondary N) is 1. The fourth-order valence-corrected chi connectivity index (χ4v) is 3.09. The van der Waals surface area contributed by atoms with Crippen LogP contribution in [0.4, 0.5) is 11.4 Å². The molecule has 0 atom stereocenters. The molecule has 0 saturated heterocycles. The fourth-order valence-electron chi connectivity index (χ4n) is 2.90. The van der Waals surface area contributed by atoms with E-state index >= 15 is 0 Å². The SMILES string of the molecule is COc1ccc([N+](=O)[O-])cc1NC(=O)/C(C#N)=C/c1ccccc1OCc1ccccc1Cl. The number of hydrogen-bond donors (Lipinski definition) is 1. The van der Waals surface area contributed by atoms with Gasteiger partial charge in [-0.15, -0.1) is 0 Å². The Hall–Kier alpha value is -4.35. The van der Waals surface area contributed by atoms with Crippen molar-refractivity contribution < 1.29 is 19.2 Å². The van der Waals surface area contributed by atoms with Crippen molar-refractivity contribution in [1.29, 1.82) is 5.26 Å². The number of halogens is 1. The van der Waals surface area contributed by atoms with E-state index < -0.39 is 10.8 Å². The van der Waals surface area contributed by atoms with Gasteiger partial charge in [0.05, 0.1) is 17.7 Å². The first kappa shape index (κ1) is 23.3. The number of non-ortho nitro benzene ring substituents is 1. The molecule has 9 heteroatoms. The summed E-state index contributed by atoms with van der Waals surface area (Å²) in [4.78, 5) is 23.2. The number of anilines is 1. The topological polar surface area (TPSA) is 114 Å². The van der Waals surface area contributed by atoms with Gasteiger partial charge in [0.25, 0.3) is 11.6 Å². The highest BCUT2D eigenvalue weighted by Crippen LogP contribution is 2.30. The highest BCUT2D eigenvalue weighted by molar-refractivity contribution is 6.31. The van der Waals surface area contributed by atoms with Crippen LogP contribution in [-0.2, 0) is 11.4 Å². The van der Waals surface area contributed by atoms with Crippen molar-refractivity contribution in [2.24, 2.45) is 0 Å². The standard InChI is InChI=1S/C24H18ClN3O5/c1-32-23-11-10-19(28(30)31)13-21(23)27-24(29)18(14-26)12-16-6-3-5-9-22(16)33-15-17-7-2-4-8-20(17)25/h2-13H,15H2,1H3,(H,27,29)/b18-12+. The minimum absolute atomic E-state index is 0.0705. The maximum Gasteiger partial charge on any atom is 0.271 e. The number of benzene rings is 3. The number of rotatable bonds is 8. The molecule has 166 valence electrons. The smallest absolute Gasteiger partial charge is 0.271 e. The number of nitriles is 1. The van der Waals surface area contributed by atoms with Gasteiger partial charge in [0.1, 0.15) is 29.7 Å². The summed E-state index contributed by atoms with van der Waals surface area (Å²) in [5.74, 6) is -0.0854. The Balaban J connectivity index is 1.85. The molecular weight excluding hydrogens is 446 g/mol. The van der Waals surface area contributed by atoms with Crippen LogP contribution in [0.25, 0.3) is 6.08 Å². The normalized spacial score (nSPS) is 10.8. The number of amides is 1. The molecule has 0 spiro atoms. The third-order valence-electron chi connectivity index (χ3n) is 4.57. The molecule has 0 saturated carbocycles. The summed E-state index contributed by atoms with van der Waals surface area (Å²) in [6.45, 7) is 0.198. The van der Waals surface area contributed by atoms with Gasteiger partial charge in [0.15, 0.2) is 0 Å². The van der Waals surface area contributed by atoms with E-state index in [-0.39, 0.29) is 29.3 Å².